The number of ether oxygens (including phenoxy) is 3. The van der Waals surface area contributed by atoms with Crippen molar-refractivity contribution in [1.82, 2.24) is 0 Å². The fraction of sp³-hybridized carbons (Fsp3) is 0.154. The van der Waals surface area contributed by atoms with Crippen LogP contribution in [0.4, 0.5) is 18.9 Å². The van der Waals surface area contributed by atoms with E-state index in [9.17, 15) is 33.0 Å². The van der Waals surface area contributed by atoms with Crippen LogP contribution in [0.5, 0.6) is 23.0 Å². The molecule has 1 amide bonds. The van der Waals surface area contributed by atoms with E-state index >= 15 is 0 Å². The molecule has 1 heterocycles. The van der Waals surface area contributed by atoms with E-state index in [1.807, 2.05) is 0 Å². The minimum Gasteiger partial charge on any atom is -0.508 e. The number of hydrogen-bond acceptors (Lipinski definition) is 7. The lowest BCUT2D eigenvalue weighted by Crippen LogP contribution is -2.29. The molecule has 37 heavy (non-hydrogen) atoms. The number of aliphatic hydroxyl groups excluding tert-OH is 1. The Labute approximate surface area is 208 Å². The van der Waals surface area contributed by atoms with Gasteiger partial charge in [0.2, 0.25) is 0 Å². The molecule has 11 heteroatoms. The summed E-state index contributed by atoms with van der Waals surface area (Å²) in [6, 6.07) is 13.2. The van der Waals surface area contributed by atoms with Gasteiger partial charge in [0.25, 0.3) is 11.7 Å². The predicted octanol–water partition coefficient (Wildman–Crippen LogP) is 4.93. The molecule has 1 aliphatic rings. The lowest BCUT2D eigenvalue weighted by Gasteiger charge is -2.25. The van der Waals surface area contributed by atoms with Crippen LogP contribution in [-0.4, -0.2) is 42.5 Å². The van der Waals surface area contributed by atoms with E-state index in [2.05, 4.69) is 4.74 Å². The number of nitrogens with zero attached hydrogens (tertiary/aromatic N) is 1. The lowest BCUT2D eigenvalue weighted by molar-refractivity contribution is -0.274. The van der Waals surface area contributed by atoms with Gasteiger partial charge in [-0.2, -0.15) is 0 Å². The maximum Gasteiger partial charge on any atom is 0.573 e. The highest BCUT2D eigenvalue weighted by molar-refractivity contribution is 6.51. The third-order valence-corrected chi connectivity index (χ3v) is 5.66. The van der Waals surface area contributed by atoms with Gasteiger partial charge in [0.15, 0.2) is 11.5 Å². The highest BCUT2D eigenvalue weighted by atomic mass is 19.4. The van der Waals surface area contributed by atoms with Gasteiger partial charge in [-0.05, 0) is 60.2 Å². The van der Waals surface area contributed by atoms with Crippen molar-refractivity contribution in [2.24, 2.45) is 0 Å². The summed E-state index contributed by atoms with van der Waals surface area (Å²) in [5, 5.41) is 20.9. The maximum absolute atomic E-state index is 13.2. The Morgan fingerprint density at radius 3 is 2.08 bits per heavy atom. The molecule has 0 aliphatic carbocycles. The molecule has 1 atom stereocenters. The van der Waals surface area contributed by atoms with Crippen molar-refractivity contribution in [2.45, 2.75) is 12.4 Å². The standard InChI is InChI=1S/C26H20F3NO7/c1-35-19-12-5-15(13-20(19)36-2)23(32)21-22(14-3-8-17(31)9-4-14)30(25(34)24(21)33)16-6-10-18(11-7-16)37-26(27,28)29/h3-13,22,31-32H,1-2H3/b23-21-. The van der Waals surface area contributed by atoms with E-state index in [1.54, 1.807) is 0 Å². The number of aliphatic hydroxyl groups is 1. The molecule has 0 spiro atoms. The molecule has 1 fully saturated rings. The number of carbonyl (C=O) groups excluding carboxylic acids is 2. The third kappa shape index (κ3) is 5.01. The van der Waals surface area contributed by atoms with Crippen molar-refractivity contribution in [3.8, 4) is 23.0 Å². The summed E-state index contributed by atoms with van der Waals surface area (Å²) in [6.45, 7) is 0. The normalized spacial score (nSPS) is 17.1. The van der Waals surface area contributed by atoms with E-state index in [0.29, 0.717) is 11.3 Å². The number of Topliss-reactive ketones (excluding diaryl/α,β-unsaturated/α-hetero) is 1. The molecular formula is C26H20F3NO7. The fourth-order valence-corrected chi connectivity index (χ4v) is 4.02. The van der Waals surface area contributed by atoms with Gasteiger partial charge in [-0.3, -0.25) is 14.5 Å². The maximum atomic E-state index is 13.2. The largest absolute Gasteiger partial charge is 0.573 e. The zero-order valence-electron chi connectivity index (χ0n) is 19.4. The zero-order valence-corrected chi connectivity index (χ0v) is 19.4. The number of phenolic OH excluding ortho intramolecular Hbond substituents is 1. The molecule has 0 saturated carbocycles. The van der Waals surface area contributed by atoms with E-state index in [1.165, 1.54) is 68.8 Å². The van der Waals surface area contributed by atoms with Crippen LogP contribution in [0.15, 0.2) is 72.3 Å². The van der Waals surface area contributed by atoms with Crippen LogP contribution in [-0.2, 0) is 9.59 Å². The summed E-state index contributed by atoms with van der Waals surface area (Å²) in [5.41, 5.74) is 0.336. The Hall–Kier alpha value is -4.67. The fourth-order valence-electron chi connectivity index (χ4n) is 4.02. The van der Waals surface area contributed by atoms with Crippen LogP contribution in [0.2, 0.25) is 0 Å². The molecule has 3 aromatic carbocycles. The first-order valence-electron chi connectivity index (χ1n) is 10.7. The molecule has 4 rings (SSSR count). The average molecular weight is 515 g/mol. The number of ketones is 1. The lowest BCUT2D eigenvalue weighted by atomic mass is 9.95. The Morgan fingerprint density at radius 1 is 0.892 bits per heavy atom. The molecular weight excluding hydrogens is 495 g/mol. The first-order valence-corrected chi connectivity index (χ1v) is 10.7. The van der Waals surface area contributed by atoms with E-state index in [-0.39, 0.29) is 28.3 Å². The summed E-state index contributed by atoms with van der Waals surface area (Å²) in [5.74, 6) is -2.48. The van der Waals surface area contributed by atoms with Gasteiger partial charge >= 0.3 is 6.36 Å². The number of carbonyl (C=O) groups is 2. The second-order valence-electron chi connectivity index (χ2n) is 7.87. The average Bonchev–Trinajstić information content (AvgIpc) is 3.13. The Kier molecular flexibility index (Phi) is 6.71. The first-order chi connectivity index (χ1) is 17.5. The zero-order chi connectivity index (χ0) is 26.9. The second-order valence-corrected chi connectivity index (χ2v) is 7.87. The quantitative estimate of drug-likeness (QED) is 0.272. The molecule has 1 unspecified atom stereocenters. The van der Waals surface area contributed by atoms with Gasteiger partial charge in [0, 0.05) is 11.3 Å². The predicted molar refractivity (Wildman–Crippen MR) is 126 cm³/mol. The number of halogens is 3. The second kappa shape index (κ2) is 9.76. The number of hydrogen-bond donors (Lipinski definition) is 2. The Morgan fingerprint density at radius 2 is 1.51 bits per heavy atom. The monoisotopic (exact) mass is 515 g/mol. The Balaban J connectivity index is 1.86. The van der Waals surface area contributed by atoms with Crippen molar-refractivity contribution in [2.75, 3.05) is 19.1 Å². The minimum absolute atomic E-state index is 0.0748. The van der Waals surface area contributed by atoms with Crippen LogP contribution < -0.4 is 19.1 Å². The molecule has 8 nitrogen and oxygen atoms in total. The van der Waals surface area contributed by atoms with Crippen LogP contribution in [0.1, 0.15) is 17.2 Å². The van der Waals surface area contributed by atoms with E-state index < -0.39 is 35.6 Å². The summed E-state index contributed by atoms with van der Waals surface area (Å²) in [4.78, 5) is 27.4. The van der Waals surface area contributed by atoms with Crippen LogP contribution in [0.25, 0.3) is 5.76 Å². The first kappa shape index (κ1) is 25.4. The van der Waals surface area contributed by atoms with Gasteiger partial charge in [0.05, 0.1) is 25.8 Å². The highest BCUT2D eigenvalue weighted by Crippen LogP contribution is 2.43. The number of amides is 1. The molecule has 192 valence electrons. The summed E-state index contributed by atoms with van der Waals surface area (Å²) >= 11 is 0. The summed E-state index contributed by atoms with van der Waals surface area (Å²) in [6.07, 6.45) is -4.91. The molecule has 0 aromatic heterocycles. The number of methoxy groups -OCH3 is 2. The number of benzene rings is 3. The van der Waals surface area contributed by atoms with Crippen LogP contribution >= 0.6 is 0 Å². The molecule has 0 bridgehead atoms. The van der Waals surface area contributed by atoms with Crippen molar-refractivity contribution in [3.05, 3.63) is 83.4 Å². The number of rotatable bonds is 6. The van der Waals surface area contributed by atoms with E-state index in [4.69, 9.17) is 9.47 Å². The van der Waals surface area contributed by atoms with E-state index in [0.717, 1.165) is 17.0 Å². The molecule has 2 N–H and O–H groups in total. The van der Waals surface area contributed by atoms with Crippen molar-refractivity contribution >= 4 is 23.1 Å². The Bertz CT molecular complexity index is 1370. The molecule has 1 aliphatic heterocycles. The third-order valence-electron chi connectivity index (χ3n) is 5.66. The van der Waals surface area contributed by atoms with Crippen LogP contribution in [0, 0.1) is 0 Å². The molecule has 1 saturated heterocycles. The minimum atomic E-state index is -4.91. The smallest absolute Gasteiger partial charge is 0.508 e. The van der Waals surface area contributed by atoms with Crippen molar-refractivity contribution < 1.29 is 47.2 Å². The SMILES string of the molecule is COc1ccc(/C(O)=C2/C(=O)C(=O)N(c3ccc(OC(F)(F)F)cc3)C2c2ccc(O)cc2)cc1OC. The van der Waals surface area contributed by atoms with Gasteiger partial charge in [-0.1, -0.05) is 12.1 Å². The highest BCUT2D eigenvalue weighted by Gasteiger charge is 2.47. The number of aromatic hydroxyl groups is 1. The van der Waals surface area contributed by atoms with Gasteiger partial charge in [-0.15, -0.1) is 13.2 Å². The summed E-state index contributed by atoms with van der Waals surface area (Å²) in [7, 11) is 2.82. The van der Waals surface area contributed by atoms with Gasteiger partial charge < -0.3 is 24.4 Å². The number of alkyl halides is 3. The topological polar surface area (TPSA) is 106 Å². The van der Waals surface area contributed by atoms with Crippen molar-refractivity contribution in [1.29, 1.82) is 0 Å². The van der Waals surface area contributed by atoms with Gasteiger partial charge in [-0.25, -0.2) is 0 Å². The number of anilines is 1. The van der Waals surface area contributed by atoms with Gasteiger partial charge in [0.1, 0.15) is 17.3 Å². The summed E-state index contributed by atoms with van der Waals surface area (Å²) < 4.78 is 52.1. The van der Waals surface area contributed by atoms with Crippen LogP contribution in [0.3, 0.4) is 0 Å². The molecule has 0 radical (unpaired) electrons. The van der Waals surface area contributed by atoms with Crippen molar-refractivity contribution in [3.63, 3.8) is 0 Å². The number of phenols is 1. The molecule has 3 aromatic rings.